The van der Waals surface area contributed by atoms with Crippen LogP contribution in [0.5, 0.6) is 0 Å². The van der Waals surface area contributed by atoms with Crippen molar-refractivity contribution in [2.24, 2.45) is 47.3 Å². The molecule has 0 heteroatoms. The van der Waals surface area contributed by atoms with Crippen molar-refractivity contribution >= 4 is 0 Å². The Kier molecular flexibility index (Phi) is 6.21. The standard InChI is InChI=1S/C21H40/c1-14(2)17-10-12-18(13-11-17)20-9-7-8-19(15(3)4)21(20)16(5)6/h14-21H,7-13H2,1-6H3. The largest absolute Gasteiger partial charge is 0.0625 e. The Hall–Kier alpha value is 0. The van der Waals surface area contributed by atoms with Crippen LogP contribution in [0.25, 0.3) is 0 Å². The van der Waals surface area contributed by atoms with Gasteiger partial charge in [-0.05, 0) is 85.9 Å². The molecule has 0 aromatic rings. The van der Waals surface area contributed by atoms with E-state index in [4.69, 9.17) is 0 Å². The highest BCUT2D eigenvalue weighted by Gasteiger charge is 2.41. The Labute approximate surface area is 134 Å². The van der Waals surface area contributed by atoms with Crippen LogP contribution < -0.4 is 0 Å². The molecule has 2 saturated carbocycles. The lowest BCUT2D eigenvalue weighted by molar-refractivity contribution is 0.0187. The SMILES string of the molecule is CC(C)C1CCC(C2CCCC(C(C)C)C2C(C)C)CC1. The molecule has 0 N–H and O–H groups in total. The highest BCUT2D eigenvalue weighted by Crippen LogP contribution is 2.50. The molecule has 2 aliphatic rings. The summed E-state index contributed by atoms with van der Waals surface area (Å²) >= 11 is 0. The fourth-order valence-corrected chi connectivity index (χ4v) is 5.85. The summed E-state index contributed by atoms with van der Waals surface area (Å²) in [4.78, 5) is 0. The molecule has 2 rings (SSSR count). The lowest BCUT2D eigenvalue weighted by atomic mass is 9.58. The van der Waals surface area contributed by atoms with E-state index in [0.29, 0.717) is 0 Å². The van der Waals surface area contributed by atoms with E-state index in [-0.39, 0.29) is 0 Å². The maximum Gasteiger partial charge on any atom is -0.0329 e. The van der Waals surface area contributed by atoms with Crippen LogP contribution >= 0.6 is 0 Å². The van der Waals surface area contributed by atoms with Gasteiger partial charge < -0.3 is 0 Å². The minimum absolute atomic E-state index is 0.880. The monoisotopic (exact) mass is 292 g/mol. The molecular weight excluding hydrogens is 252 g/mol. The zero-order valence-corrected chi connectivity index (χ0v) is 15.6. The van der Waals surface area contributed by atoms with E-state index >= 15 is 0 Å². The summed E-state index contributed by atoms with van der Waals surface area (Å²) in [7, 11) is 0. The molecule has 0 spiro atoms. The van der Waals surface area contributed by atoms with Gasteiger partial charge in [0.05, 0.1) is 0 Å². The highest BCUT2D eigenvalue weighted by atomic mass is 14.5. The van der Waals surface area contributed by atoms with Gasteiger partial charge in [-0.1, -0.05) is 48.0 Å². The normalized spacial score (nSPS) is 38.4. The van der Waals surface area contributed by atoms with Gasteiger partial charge in [-0.2, -0.15) is 0 Å². The zero-order chi connectivity index (χ0) is 15.6. The quantitative estimate of drug-likeness (QED) is 0.535. The van der Waals surface area contributed by atoms with Gasteiger partial charge in [-0.25, -0.2) is 0 Å². The fraction of sp³-hybridized carbons (Fsp3) is 1.00. The topological polar surface area (TPSA) is 0 Å². The van der Waals surface area contributed by atoms with Crippen LogP contribution in [0.4, 0.5) is 0 Å². The molecule has 3 atom stereocenters. The molecule has 0 saturated heterocycles. The molecule has 21 heavy (non-hydrogen) atoms. The Morgan fingerprint density at radius 1 is 0.619 bits per heavy atom. The van der Waals surface area contributed by atoms with E-state index in [1.165, 1.54) is 44.9 Å². The smallest absolute Gasteiger partial charge is 0.0329 e. The summed E-state index contributed by atoms with van der Waals surface area (Å²) in [5, 5.41) is 0. The third-order valence-corrected chi connectivity index (χ3v) is 7.05. The maximum absolute atomic E-state index is 2.50. The minimum Gasteiger partial charge on any atom is -0.0625 e. The van der Waals surface area contributed by atoms with Crippen LogP contribution in [-0.2, 0) is 0 Å². The van der Waals surface area contributed by atoms with Gasteiger partial charge in [-0.3, -0.25) is 0 Å². The molecule has 0 radical (unpaired) electrons. The Bertz CT molecular complexity index is 293. The molecule has 0 aromatic heterocycles. The van der Waals surface area contributed by atoms with E-state index in [2.05, 4.69) is 41.5 Å². The second-order valence-corrected chi connectivity index (χ2v) is 9.24. The summed E-state index contributed by atoms with van der Waals surface area (Å²) in [5.41, 5.74) is 0. The fourth-order valence-electron chi connectivity index (χ4n) is 5.85. The average Bonchev–Trinajstić information content (AvgIpc) is 2.46. The maximum atomic E-state index is 2.50. The number of rotatable bonds is 4. The van der Waals surface area contributed by atoms with E-state index < -0.39 is 0 Å². The number of hydrogen-bond acceptors (Lipinski definition) is 0. The molecule has 2 fully saturated rings. The van der Waals surface area contributed by atoms with Crippen LogP contribution in [0.15, 0.2) is 0 Å². The van der Waals surface area contributed by atoms with Crippen molar-refractivity contribution in [2.45, 2.75) is 86.5 Å². The first-order chi connectivity index (χ1) is 9.91. The van der Waals surface area contributed by atoms with Crippen molar-refractivity contribution in [1.82, 2.24) is 0 Å². The Balaban J connectivity index is 2.03. The second kappa shape index (κ2) is 7.51. The lowest BCUT2D eigenvalue weighted by Gasteiger charge is -2.48. The van der Waals surface area contributed by atoms with E-state index in [0.717, 1.165) is 47.3 Å². The molecule has 3 unspecified atom stereocenters. The average molecular weight is 293 g/mol. The summed E-state index contributed by atoms with van der Waals surface area (Å²) < 4.78 is 0. The van der Waals surface area contributed by atoms with Gasteiger partial charge >= 0.3 is 0 Å². The van der Waals surface area contributed by atoms with Gasteiger partial charge in [0.2, 0.25) is 0 Å². The highest BCUT2D eigenvalue weighted by molar-refractivity contribution is 4.90. The van der Waals surface area contributed by atoms with Crippen LogP contribution in [-0.4, -0.2) is 0 Å². The van der Waals surface area contributed by atoms with Crippen molar-refractivity contribution < 1.29 is 0 Å². The third-order valence-electron chi connectivity index (χ3n) is 7.05. The van der Waals surface area contributed by atoms with Gasteiger partial charge in [0.1, 0.15) is 0 Å². The van der Waals surface area contributed by atoms with E-state index in [1.54, 1.807) is 0 Å². The van der Waals surface area contributed by atoms with Crippen molar-refractivity contribution in [3.8, 4) is 0 Å². The summed E-state index contributed by atoms with van der Waals surface area (Å²) in [6.07, 6.45) is 10.6. The second-order valence-electron chi connectivity index (χ2n) is 9.24. The van der Waals surface area contributed by atoms with Gasteiger partial charge in [-0.15, -0.1) is 0 Å². The molecule has 0 nitrogen and oxygen atoms in total. The number of hydrogen-bond donors (Lipinski definition) is 0. The van der Waals surface area contributed by atoms with Crippen molar-refractivity contribution in [3.05, 3.63) is 0 Å². The summed E-state index contributed by atoms with van der Waals surface area (Å²) in [5.74, 6) is 7.77. The Morgan fingerprint density at radius 3 is 1.71 bits per heavy atom. The molecular formula is C21H40. The predicted molar refractivity (Wildman–Crippen MR) is 94.3 cm³/mol. The molecule has 0 bridgehead atoms. The molecule has 0 aliphatic heterocycles. The Morgan fingerprint density at radius 2 is 1.24 bits per heavy atom. The molecule has 0 heterocycles. The van der Waals surface area contributed by atoms with Crippen LogP contribution in [0, 0.1) is 47.3 Å². The third kappa shape index (κ3) is 4.05. The molecule has 2 aliphatic carbocycles. The van der Waals surface area contributed by atoms with Gasteiger partial charge in [0.25, 0.3) is 0 Å². The lowest BCUT2D eigenvalue weighted by Crippen LogP contribution is -2.39. The summed E-state index contributed by atoms with van der Waals surface area (Å²) in [6.45, 7) is 14.8. The van der Waals surface area contributed by atoms with Gasteiger partial charge in [0.15, 0.2) is 0 Å². The molecule has 0 amide bonds. The van der Waals surface area contributed by atoms with Crippen molar-refractivity contribution in [2.75, 3.05) is 0 Å². The predicted octanol–water partition coefficient (Wildman–Crippen LogP) is 6.79. The van der Waals surface area contributed by atoms with Crippen LogP contribution in [0.3, 0.4) is 0 Å². The zero-order valence-electron chi connectivity index (χ0n) is 15.6. The first-order valence-electron chi connectivity index (χ1n) is 9.91. The van der Waals surface area contributed by atoms with Crippen molar-refractivity contribution in [3.63, 3.8) is 0 Å². The van der Waals surface area contributed by atoms with E-state index in [1.807, 2.05) is 0 Å². The van der Waals surface area contributed by atoms with Crippen molar-refractivity contribution in [1.29, 1.82) is 0 Å². The van der Waals surface area contributed by atoms with Crippen LogP contribution in [0.1, 0.15) is 86.5 Å². The first-order valence-corrected chi connectivity index (χ1v) is 9.91. The molecule has 0 aromatic carbocycles. The molecule has 124 valence electrons. The van der Waals surface area contributed by atoms with E-state index in [9.17, 15) is 0 Å². The first kappa shape index (κ1) is 17.4. The minimum atomic E-state index is 0.880. The summed E-state index contributed by atoms with van der Waals surface area (Å²) in [6, 6.07) is 0. The van der Waals surface area contributed by atoms with Gasteiger partial charge in [0, 0.05) is 0 Å². The van der Waals surface area contributed by atoms with Crippen LogP contribution in [0.2, 0.25) is 0 Å².